The third kappa shape index (κ3) is 1.80. The normalized spacial score (nSPS) is 12.5. The number of benzene rings is 3. The molecule has 5 aromatic heterocycles. The molecule has 5 heterocycles. The van der Waals surface area contributed by atoms with Gasteiger partial charge in [-0.25, -0.2) is 0 Å². The van der Waals surface area contributed by atoms with Gasteiger partial charge in [-0.15, -0.1) is 0 Å². The van der Waals surface area contributed by atoms with Gasteiger partial charge >= 0.3 is 0 Å². The van der Waals surface area contributed by atoms with Crippen LogP contribution in [0.25, 0.3) is 60.2 Å². The summed E-state index contributed by atoms with van der Waals surface area (Å²) in [6.45, 7) is 0. The van der Waals surface area contributed by atoms with E-state index in [1.165, 1.54) is 60.2 Å². The fourth-order valence-corrected chi connectivity index (χ4v) is 5.53. The molecule has 31 heavy (non-hydrogen) atoms. The molecule has 0 N–H and O–H groups in total. The average Bonchev–Trinajstić information content (AvgIpc) is 3.57. The molecule has 0 fully saturated rings. The number of hydrogen-bond donors (Lipinski definition) is 0. The standard InChI is InChI=1S/C28H17N3/c1-2-7-18(8-3-1)31-24-11-5-4-10-20(24)27-21-12-14-30-26-17-29-13-6-9-19(29)15-22(26)23(28(21)30)16-25(27)31/h1-17H. The molecule has 0 aliphatic carbocycles. The lowest BCUT2D eigenvalue weighted by molar-refractivity contribution is 1.18. The summed E-state index contributed by atoms with van der Waals surface area (Å²) < 4.78 is 6.97. The number of para-hydroxylation sites is 2. The first kappa shape index (κ1) is 15.6. The zero-order chi connectivity index (χ0) is 20.1. The van der Waals surface area contributed by atoms with Gasteiger partial charge in [0.05, 0.1) is 22.1 Å². The summed E-state index contributed by atoms with van der Waals surface area (Å²) in [5, 5.41) is 6.56. The quantitative estimate of drug-likeness (QED) is 0.283. The van der Waals surface area contributed by atoms with Crippen molar-refractivity contribution in [1.29, 1.82) is 0 Å². The smallest absolute Gasteiger partial charge is 0.0702 e. The molecule has 8 aromatic rings. The zero-order valence-electron chi connectivity index (χ0n) is 16.7. The van der Waals surface area contributed by atoms with E-state index in [9.17, 15) is 0 Å². The van der Waals surface area contributed by atoms with E-state index in [4.69, 9.17) is 0 Å². The Labute approximate surface area is 177 Å². The van der Waals surface area contributed by atoms with Crippen molar-refractivity contribution in [2.24, 2.45) is 0 Å². The molecule has 0 aliphatic rings. The van der Waals surface area contributed by atoms with Crippen molar-refractivity contribution in [3.05, 3.63) is 104 Å². The van der Waals surface area contributed by atoms with Crippen LogP contribution in [0.3, 0.4) is 0 Å². The molecular formula is C28H17N3. The van der Waals surface area contributed by atoms with Gasteiger partial charge in [-0.05, 0) is 48.5 Å². The van der Waals surface area contributed by atoms with Crippen molar-refractivity contribution in [2.45, 2.75) is 0 Å². The van der Waals surface area contributed by atoms with Gasteiger partial charge in [-0.3, -0.25) is 0 Å². The summed E-state index contributed by atoms with van der Waals surface area (Å²) in [6, 6.07) is 30.7. The highest BCUT2D eigenvalue weighted by molar-refractivity contribution is 6.29. The van der Waals surface area contributed by atoms with Crippen LogP contribution < -0.4 is 0 Å². The van der Waals surface area contributed by atoms with Crippen molar-refractivity contribution in [3.8, 4) is 5.69 Å². The first-order chi connectivity index (χ1) is 15.4. The number of hydrogen-bond acceptors (Lipinski definition) is 0. The van der Waals surface area contributed by atoms with Crippen LogP contribution in [0.1, 0.15) is 0 Å². The van der Waals surface area contributed by atoms with Gasteiger partial charge in [0.1, 0.15) is 0 Å². The maximum Gasteiger partial charge on any atom is 0.0702 e. The predicted octanol–water partition coefficient (Wildman–Crippen LogP) is 7.03. The van der Waals surface area contributed by atoms with Crippen molar-refractivity contribution in [2.75, 3.05) is 0 Å². The third-order valence-electron chi connectivity index (χ3n) is 6.81. The van der Waals surface area contributed by atoms with E-state index in [1.807, 2.05) is 0 Å². The number of nitrogens with zero attached hydrogens (tertiary/aromatic N) is 3. The molecule has 144 valence electrons. The zero-order valence-corrected chi connectivity index (χ0v) is 16.7. The van der Waals surface area contributed by atoms with Gasteiger partial charge in [-0.1, -0.05) is 36.4 Å². The minimum atomic E-state index is 1.19. The molecule has 0 saturated carbocycles. The van der Waals surface area contributed by atoms with Crippen LogP contribution in [0.2, 0.25) is 0 Å². The Bertz CT molecular complexity index is 1930. The van der Waals surface area contributed by atoms with E-state index in [0.29, 0.717) is 0 Å². The molecule has 0 amide bonds. The first-order valence-electron chi connectivity index (χ1n) is 10.6. The van der Waals surface area contributed by atoms with E-state index >= 15 is 0 Å². The topological polar surface area (TPSA) is 13.8 Å². The third-order valence-corrected chi connectivity index (χ3v) is 6.81. The van der Waals surface area contributed by atoms with E-state index in [-0.39, 0.29) is 0 Å². The summed E-state index contributed by atoms with van der Waals surface area (Å²) in [7, 11) is 0. The molecule has 0 bridgehead atoms. The maximum atomic E-state index is 2.41. The van der Waals surface area contributed by atoms with E-state index < -0.39 is 0 Å². The van der Waals surface area contributed by atoms with Crippen LogP contribution in [-0.2, 0) is 0 Å². The van der Waals surface area contributed by atoms with Crippen LogP contribution >= 0.6 is 0 Å². The highest BCUT2D eigenvalue weighted by Gasteiger charge is 2.20. The van der Waals surface area contributed by atoms with Gasteiger partial charge in [0.15, 0.2) is 0 Å². The Hall–Kier alpha value is -4.24. The van der Waals surface area contributed by atoms with Crippen LogP contribution in [0, 0.1) is 0 Å². The molecule has 3 heteroatoms. The van der Waals surface area contributed by atoms with Gasteiger partial charge in [-0.2, -0.15) is 0 Å². The minimum absolute atomic E-state index is 1.19. The number of aromatic nitrogens is 3. The SMILES string of the molecule is c1ccc(-n2c3ccccc3c3c4ccn5c6cn7cccc7cc6c(cc32)c45)cc1. The molecule has 3 nitrogen and oxygen atoms in total. The Morgan fingerprint density at radius 2 is 1.42 bits per heavy atom. The summed E-state index contributed by atoms with van der Waals surface area (Å²) in [5.41, 5.74) is 7.48. The Morgan fingerprint density at radius 1 is 0.548 bits per heavy atom. The molecule has 0 atom stereocenters. The number of fused-ring (bicyclic) bond motifs is 8. The lowest BCUT2D eigenvalue weighted by Gasteiger charge is -2.07. The summed E-state index contributed by atoms with van der Waals surface area (Å²) >= 11 is 0. The van der Waals surface area contributed by atoms with E-state index in [2.05, 4.69) is 117 Å². The fourth-order valence-electron chi connectivity index (χ4n) is 5.53. The lowest BCUT2D eigenvalue weighted by Crippen LogP contribution is -1.92. The second kappa shape index (κ2) is 5.27. The molecule has 0 saturated heterocycles. The van der Waals surface area contributed by atoms with Gasteiger partial charge < -0.3 is 13.4 Å². The maximum absolute atomic E-state index is 2.41. The first-order valence-corrected chi connectivity index (χ1v) is 10.6. The highest BCUT2D eigenvalue weighted by Crippen LogP contribution is 2.42. The number of pyridine rings is 1. The highest BCUT2D eigenvalue weighted by atomic mass is 15.0. The van der Waals surface area contributed by atoms with Crippen molar-refractivity contribution in [3.63, 3.8) is 0 Å². The summed E-state index contributed by atoms with van der Waals surface area (Å²) in [5.74, 6) is 0. The number of rotatable bonds is 1. The lowest BCUT2D eigenvalue weighted by atomic mass is 10.1. The Balaban J connectivity index is 1.67. The van der Waals surface area contributed by atoms with Crippen LogP contribution in [-0.4, -0.2) is 13.4 Å². The molecule has 0 radical (unpaired) electrons. The molecule has 3 aromatic carbocycles. The van der Waals surface area contributed by atoms with Crippen molar-refractivity contribution >= 4 is 54.5 Å². The average molecular weight is 395 g/mol. The monoisotopic (exact) mass is 395 g/mol. The summed E-state index contributed by atoms with van der Waals surface area (Å²) in [6.07, 6.45) is 6.59. The summed E-state index contributed by atoms with van der Waals surface area (Å²) in [4.78, 5) is 0. The molecular weight excluding hydrogens is 378 g/mol. The Morgan fingerprint density at radius 3 is 2.35 bits per heavy atom. The van der Waals surface area contributed by atoms with Gasteiger partial charge in [0.2, 0.25) is 0 Å². The van der Waals surface area contributed by atoms with Crippen molar-refractivity contribution < 1.29 is 0 Å². The second-order valence-corrected chi connectivity index (χ2v) is 8.37. The van der Waals surface area contributed by atoms with Crippen LogP contribution in [0.5, 0.6) is 0 Å². The molecule has 8 rings (SSSR count). The fraction of sp³-hybridized carbons (Fsp3) is 0. The van der Waals surface area contributed by atoms with Crippen molar-refractivity contribution in [1.82, 2.24) is 13.4 Å². The van der Waals surface area contributed by atoms with Gasteiger partial charge in [0.25, 0.3) is 0 Å². The molecule has 0 aliphatic heterocycles. The molecule has 0 unspecified atom stereocenters. The van der Waals surface area contributed by atoms with E-state index in [1.54, 1.807) is 0 Å². The van der Waals surface area contributed by atoms with Crippen LogP contribution in [0.15, 0.2) is 104 Å². The van der Waals surface area contributed by atoms with Crippen LogP contribution in [0.4, 0.5) is 0 Å². The minimum Gasteiger partial charge on any atom is -0.322 e. The van der Waals surface area contributed by atoms with Gasteiger partial charge in [0, 0.05) is 56.7 Å². The van der Waals surface area contributed by atoms with E-state index in [0.717, 1.165) is 0 Å². The Kier molecular flexibility index (Phi) is 2.65. The molecule has 0 spiro atoms. The predicted molar refractivity (Wildman–Crippen MR) is 129 cm³/mol. The largest absolute Gasteiger partial charge is 0.322 e. The second-order valence-electron chi connectivity index (χ2n) is 8.37.